The van der Waals surface area contributed by atoms with Crippen LogP contribution in [0, 0.1) is 13.8 Å². The predicted molar refractivity (Wildman–Crippen MR) is 204 cm³/mol. The van der Waals surface area contributed by atoms with Crippen LogP contribution in [-0.4, -0.2) is 55.0 Å². The molecule has 0 aliphatic carbocycles. The van der Waals surface area contributed by atoms with Crippen molar-refractivity contribution in [3.63, 3.8) is 0 Å². The Morgan fingerprint density at radius 1 is 0.696 bits per heavy atom. The first-order chi connectivity index (χ1) is 26.7. The van der Waals surface area contributed by atoms with E-state index >= 15 is 0 Å². The number of ketones is 1. The number of carbonyl (C=O) groups excluding carboxylic acids is 2. The minimum atomic E-state index is -4.61. The van der Waals surface area contributed by atoms with Gasteiger partial charge >= 0.3 is 6.18 Å². The predicted octanol–water partition coefficient (Wildman–Crippen LogP) is 6.78. The monoisotopic (exact) mass is 760 g/mol. The summed E-state index contributed by atoms with van der Waals surface area (Å²) in [7, 11) is 2.86. The number of fused-ring (bicyclic) bond motifs is 2. The summed E-state index contributed by atoms with van der Waals surface area (Å²) in [6, 6.07) is 27.2. The SMILES string of the molecule is CON(C)C(=O)c1cn(Cc2cccc(C)n2)c2ccccc2c1=O.Cc1cccc(Cn2cc(C(=O)c3ccc(C(F)(F)F)nc3)c(=O)c3ccccc32)n1. The van der Waals surface area contributed by atoms with E-state index in [4.69, 9.17) is 4.84 Å². The summed E-state index contributed by atoms with van der Waals surface area (Å²) in [6.45, 7) is 4.56. The van der Waals surface area contributed by atoms with E-state index in [0.717, 1.165) is 51.7 Å². The number of benzene rings is 2. The van der Waals surface area contributed by atoms with Crippen molar-refractivity contribution in [2.24, 2.45) is 0 Å². The summed E-state index contributed by atoms with van der Waals surface area (Å²) in [5.74, 6) is -1.17. The Morgan fingerprint density at radius 2 is 1.20 bits per heavy atom. The first kappa shape index (κ1) is 38.9. The molecule has 0 saturated carbocycles. The summed E-state index contributed by atoms with van der Waals surface area (Å²) in [4.78, 5) is 68.4. The fourth-order valence-electron chi connectivity index (χ4n) is 6.09. The highest BCUT2D eigenvalue weighted by Crippen LogP contribution is 2.27. The number of hydrogen-bond donors (Lipinski definition) is 0. The maximum atomic E-state index is 13.0. The van der Waals surface area contributed by atoms with Crippen LogP contribution in [-0.2, 0) is 24.1 Å². The van der Waals surface area contributed by atoms with Crippen molar-refractivity contribution in [3.8, 4) is 0 Å². The molecule has 14 heteroatoms. The quantitative estimate of drug-likeness (QED) is 0.122. The molecule has 1 amide bonds. The normalized spacial score (nSPS) is 11.3. The molecule has 284 valence electrons. The van der Waals surface area contributed by atoms with Gasteiger partial charge in [-0.15, -0.1) is 0 Å². The Balaban J connectivity index is 0.000000194. The molecular weight excluding hydrogens is 725 g/mol. The molecule has 0 N–H and O–H groups in total. The van der Waals surface area contributed by atoms with E-state index in [9.17, 15) is 32.3 Å². The second-order valence-corrected chi connectivity index (χ2v) is 12.8. The van der Waals surface area contributed by atoms with Crippen LogP contribution >= 0.6 is 0 Å². The summed E-state index contributed by atoms with van der Waals surface area (Å²) >= 11 is 0. The van der Waals surface area contributed by atoms with Gasteiger partial charge in [0.2, 0.25) is 10.9 Å². The van der Waals surface area contributed by atoms with Gasteiger partial charge in [-0.1, -0.05) is 36.4 Å². The largest absolute Gasteiger partial charge is 0.433 e. The molecule has 0 spiro atoms. The fraction of sp³-hybridized carbons (Fsp3) is 0.167. The van der Waals surface area contributed by atoms with Crippen LogP contribution in [0.4, 0.5) is 13.2 Å². The molecular formula is C42H35F3N6O5. The number of hydroxylamine groups is 2. The van der Waals surface area contributed by atoms with Gasteiger partial charge in [-0.2, -0.15) is 13.2 Å². The minimum Gasteiger partial charge on any atom is -0.340 e. The van der Waals surface area contributed by atoms with E-state index in [1.165, 1.54) is 20.4 Å². The number of aryl methyl sites for hydroxylation is 2. The number of halogens is 3. The number of para-hydroxylation sites is 2. The van der Waals surface area contributed by atoms with E-state index in [0.29, 0.717) is 29.4 Å². The summed E-state index contributed by atoms with van der Waals surface area (Å²) in [5, 5.41) is 1.87. The lowest BCUT2D eigenvalue weighted by Crippen LogP contribution is -2.31. The average molecular weight is 761 g/mol. The molecule has 7 rings (SSSR count). The number of carbonyl (C=O) groups is 2. The Hall–Kier alpha value is -6.80. The molecule has 7 aromatic rings. The van der Waals surface area contributed by atoms with Gasteiger partial charge < -0.3 is 9.13 Å². The van der Waals surface area contributed by atoms with Gasteiger partial charge in [0.05, 0.1) is 48.2 Å². The summed E-state index contributed by atoms with van der Waals surface area (Å²) < 4.78 is 41.9. The number of nitrogens with zero attached hydrogens (tertiary/aromatic N) is 6. The number of rotatable bonds is 8. The number of pyridine rings is 5. The minimum absolute atomic E-state index is 0.0655. The van der Waals surface area contributed by atoms with Crippen molar-refractivity contribution in [1.82, 2.24) is 29.1 Å². The zero-order valence-corrected chi connectivity index (χ0v) is 30.7. The molecule has 0 aliphatic heterocycles. The Bertz CT molecular complexity index is 2710. The van der Waals surface area contributed by atoms with E-state index in [1.54, 1.807) is 47.2 Å². The van der Waals surface area contributed by atoms with E-state index in [1.807, 2.05) is 66.9 Å². The van der Waals surface area contributed by atoms with E-state index in [2.05, 4.69) is 15.0 Å². The molecule has 0 atom stereocenters. The van der Waals surface area contributed by atoms with E-state index < -0.39 is 29.0 Å². The number of alkyl halides is 3. The smallest absolute Gasteiger partial charge is 0.340 e. The molecule has 0 fully saturated rings. The van der Waals surface area contributed by atoms with Gasteiger partial charge in [0.25, 0.3) is 5.91 Å². The van der Waals surface area contributed by atoms with Gasteiger partial charge in [-0.05, 0) is 74.5 Å². The molecule has 0 unspecified atom stereocenters. The lowest BCUT2D eigenvalue weighted by molar-refractivity contribution is -0.141. The van der Waals surface area contributed by atoms with Crippen molar-refractivity contribution in [2.75, 3.05) is 14.2 Å². The molecule has 5 heterocycles. The molecule has 0 aliphatic rings. The van der Waals surface area contributed by atoms with Crippen molar-refractivity contribution < 1.29 is 27.6 Å². The zero-order chi connectivity index (χ0) is 40.1. The maximum Gasteiger partial charge on any atom is 0.433 e. The van der Waals surface area contributed by atoms with Crippen molar-refractivity contribution in [3.05, 3.63) is 181 Å². The second-order valence-electron chi connectivity index (χ2n) is 12.8. The van der Waals surface area contributed by atoms with Crippen molar-refractivity contribution in [1.29, 1.82) is 0 Å². The number of amides is 1. The van der Waals surface area contributed by atoms with Crippen LogP contribution < -0.4 is 10.9 Å². The highest BCUT2D eigenvalue weighted by Gasteiger charge is 2.32. The lowest BCUT2D eigenvalue weighted by Gasteiger charge is -2.16. The zero-order valence-electron chi connectivity index (χ0n) is 30.7. The molecule has 0 bridgehead atoms. The third-order valence-electron chi connectivity index (χ3n) is 8.88. The third kappa shape index (κ3) is 8.45. The third-order valence-corrected chi connectivity index (χ3v) is 8.88. The van der Waals surface area contributed by atoms with E-state index in [-0.39, 0.29) is 22.1 Å². The Kier molecular flexibility index (Phi) is 11.3. The van der Waals surface area contributed by atoms with Crippen LogP contribution in [0.2, 0.25) is 0 Å². The molecule has 0 saturated heterocycles. The van der Waals surface area contributed by atoms with Crippen molar-refractivity contribution in [2.45, 2.75) is 33.1 Å². The first-order valence-corrected chi connectivity index (χ1v) is 17.2. The molecule has 5 aromatic heterocycles. The fourth-order valence-corrected chi connectivity index (χ4v) is 6.09. The van der Waals surface area contributed by atoms with Gasteiger partial charge in [0, 0.05) is 53.4 Å². The van der Waals surface area contributed by atoms with Crippen LogP contribution in [0.3, 0.4) is 0 Å². The average Bonchev–Trinajstić information content (AvgIpc) is 3.19. The van der Waals surface area contributed by atoms with Gasteiger partial charge in [-0.25, -0.2) is 5.06 Å². The Labute approximate surface area is 318 Å². The molecule has 0 radical (unpaired) electrons. The molecule has 2 aromatic carbocycles. The van der Waals surface area contributed by atoms with Gasteiger partial charge in [0.1, 0.15) is 11.3 Å². The lowest BCUT2D eigenvalue weighted by atomic mass is 10.0. The van der Waals surface area contributed by atoms with Gasteiger partial charge in [-0.3, -0.25) is 39.0 Å². The number of aromatic nitrogens is 5. The Morgan fingerprint density at radius 3 is 1.66 bits per heavy atom. The summed E-state index contributed by atoms with van der Waals surface area (Å²) in [5.41, 5.74) is 2.64. The van der Waals surface area contributed by atoms with Crippen molar-refractivity contribution >= 4 is 33.5 Å². The number of hydrogen-bond acceptors (Lipinski definition) is 8. The highest BCUT2D eigenvalue weighted by molar-refractivity contribution is 6.10. The van der Waals surface area contributed by atoms with Crippen LogP contribution in [0.1, 0.15) is 54.7 Å². The maximum absolute atomic E-state index is 13.0. The second kappa shape index (κ2) is 16.3. The topological polar surface area (TPSA) is 129 Å². The summed E-state index contributed by atoms with van der Waals surface area (Å²) in [6.07, 6.45) is -0.772. The van der Waals surface area contributed by atoms with Crippen LogP contribution in [0.15, 0.2) is 125 Å². The van der Waals surface area contributed by atoms with Crippen LogP contribution in [0.25, 0.3) is 21.8 Å². The van der Waals surface area contributed by atoms with Gasteiger partial charge in [0.15, 0.2) is 5.78 Å². The first-order valence-electron chi connectivity index (χ1n) is 17.2. The molecule has 11 nitrogen and oxygen atoms in total. The standard InChI is InChI=1S/C23H16F3N3O2.C19H19N3O3/c1-14-5-4-6-16(28-14)12-29-13-18(22(31)17-7-2-3-8-19(17)29)21(30)15-9-10-20(27-11-15)23(24,25)26;1-13-7-6-8-14(20-13)11-22-12-16(19(24)21(2)25-3)18(23)15-9-4-5-10-17(15)22/h2-11,13H,12H2,1H3;4-10,12H,11H2,1-3H3. The van der Waals surface area contributed by atoms with Crippen LogP contribution in [0.5, 0.6) is 0 Å². The molecule has 56 heavy (non-hydrogen) atoms. The highest BCUT2D eigenvalue weighted by atomic mass is 19.4.